The van der Waals surface area contributed by atoms with Crippen LogP contribution in [0.1, 0.15) is 42.5 Å². The Hall–Kier alpha value is -2.64. The lowest BCUT2D eigenvalue weighted by Gasteiger charge is -2.10. The van der Waals surface area contributed by atoms with Gasteiger partial charge in [-0.2, -0.15) is 0 Å². The molecule has 1 fully saturated rings. The Morgan fingerprint density at radius 3 is 2.67 bits per heavy atom. The lowest BCUT2D eigenvalue weighted by Crippen LogP contribution is -2.16. The molecule has 0 aliphatic heterocycles. The van der Waals surface area contributed by atoms with E-state index in [1.54, 1.807) is 0 Å². The fraction of sp³-hybridized carbons (Fsp3) is 0.500. The molecule has 0 bridgehead atoms. The zero-order valence-corrected chi connectivity index (χ0v) is 13.3. The molecular formula is C16H21N3O5. The highest BCUT2D eigenvalue weighted by Crippen LogP contribution is 2.28. The molecule has 130 valence electrons. The van der Waals surface area contributed by atoms with Gasteiger partial charge in [0.15, 0.2) is 0 Å². The number of esters is 1. The van der Waals surface area contributed by atoms with Gasteiger partial charge in [-0.05, 0) is 30.9 Å². The molecule has 0 unspecified atom stereocenters. The van der Waals surface area contributed by atoms with Gasteiger partial charge in [0, 0.05) is 24.6 Å². The van der Waals surface area contributed by atoms with Crippen molar-refractivity contribution in [3.05, 3.63) is 33.9 Å². The molecule has 0 atom stereocenters. The summed E-state index contributed by atoms with van der Waals surface area (Å²) in [5.41, 5.74) is 5.18. The normalized spacial score (nSPS) is 14.3. The van der Waals surface area contributed by atoms with Crippen molar-refractivity contribution in [3.8, 4) is 0 Å². The fourth-order valence-electron chi connectivity index (χ4n) is 2.85. The lowest BCUT2D eigenvalue weighted by atomic mass is 10.1. The Labute approximate surface area is 139 Å². The van der Waals surface area contributed by atoms with Gasteiger partial charge in [-0.3, -0.25) is 19.7 Å². The van der Waals surface area contributed by atoms with Crippen LogP contribution in [0.4, 0.5) is 11.4 Å². The number of primary amides is 1. The molecule has 1 amide bonds. The van der Waals surface area contributed by atoms with Crippen molar-refractivity contribution < 1.29 is 19.2 Å². The minimum absolute atomic E-state index is 0.0650. The van der Waals surface area contributed by atoms with Crippen LogP contribution < -0.4 is 11.1 Å². The SMILES string of the molecule is NC(=O)c1ccc(NCCOC(=O)CC2CCCC2)c([N+](=O)[O-])c1. The van der Waals surface area contributed by atoms with Gasteiger partial charge >= 0.3 is 5.97 Å². The highest BCUT2D eigenvalue weighted by molar-refractivity contribution is 5.94. The Morgan fingerprint density at radius 1 is 1.33 bits per heavy atom. The zero-order chi connectivity index (χ0) is 17.5. The number of hydrogen-bond acceptors (Lipinski definition) is 6. The van der Waals surface area contributed by atoms with Crippen molar-refractivity contribution in [2.45, 2.75) is 32.1 Å². The first-order chi connectivity index (χ1) is 11.5. The number of nitrogens with zero attached hydrogens (tertiary/aromatic N) is 1. The van der Waals surface area contributed by atoms with Crippen LogP contribution in [0.2, 0.25) is 0 Å². The number of nitro benzene ring substituents is 1. The van der Waals surface area contributed by atoms with Gasteiger partial charge in [0.1, 0.15) is 12.3 Å². The molecule has 2 rings (SSSR count). The van der Waals surface area contributed by atoms with E-state index in [-0.39, 0.29) is 36.1 Å². The number of nitrogens with two attached hydrogens (primary N) is 1. The molecule has 1 aliphatic carbocycles. The summed E-state index contributed by atoms with van der Waals surface area (Å²) < 4.78 is 5.14. The van der Waals surface area contributed by atoms with Gasteiger partial charge in [-0.1, -0.05) is 12.8 Å². The number of rotatable bonds is 8. The first-order valence-electron chi connectivity index (χ1n) is 7.95. The van der Waals surface area contributed by atoms with Gasteiger partial charge < -0.3 is 15.8 Å². The molecule has 0 saturated heterocycles. The average molecular weight is 335 g/mol. The second kappa shape index (κ2) is 8.28. The van der Waals surface area contributed by atoms with Gasteiger partial charge in [0.25, 0.3) is 5.69 Å². The second-order valence-corrected chi connectivity index (χ2v) is 5.86. The number of carbonyl (C=O) groups is 2. The summed E-state index contributed by atoms with van der Waals surface area (Å²) >= 11 is 0. The first-order valence-corrected chi connectivity index (χ1v) is 7.95. The van der Waals surface area contributed by atoms with Crippen LogP contribution >= 0.6 is 0 Å². The number of nitrogens with one attached hydrogen (secondary N) is 1. The number of anilines is 1. The van der Waals surface area contributed by atoms with E-state index in [1.807, 2.05) is 0 Å². The Balaban J connectivity index is 1.82. The van der Waals surface area contributed by atoms with Crippen molar-refractivity contribution >= 4 is 23.3 Å². The van der Waals surface area contributed by atoms with Crippen LogP contribution in [0.5, 0.6) is 0 Å². The lowest BCUT2D eigenvalue weighted by molar-refractivity contribution is -0.384. The van der Waals surface area contributed by atoms with Gasteiger partial charge in [0.05, 0.1) is 4.92 Å². The molecule has 8 nitrogen and oxygen atoms in total. The molecule has 0 radical (unpaired) electrons. The van der Waals surface area contributed by atoms with Crippen molar-refractivity contribution in [2.75, 3.05) is 18.5 Å². The third-order valence-corrected chi connectivity index (χ3v) is 4.09. The van der Waals surface area contributed by atoms with E-state index in [0.29, 0.717) is 12.3 Å². The van der Waals surface area contributed by atoms with Crippen molar-refractivity contribution in [1.82, 2.24) is 0 Å². The van der Waals surface area contributed by atoms with Gasteiger partial charge in [-0.15, -0.1) is 0 Å². The highest BCUT2D eigenvalue weighted by atomic mass is 16.6. The molecular weight excluding hydrogens is 314 g/mol. The number of benzene rings is 1. The van der Waals surface area contributed by atoms with Crippen LogP contribution in [0, 0.1) is 16.0 Å². The Bertz CT molecular complexity index is 626. The molecule has 0 aromatic heterocycles. The molecule has 0 spiro atoms. The Kier molecular flexibility index (Phi) is 6.11. The second-order valence-electron chi connectivity index (χ2n) is 5.86. The summed E-state index contributed by atoms with van der Waals surface area (Å²) in [7, 11) is 0. The molecule has 1 aromatic rings. The zero-order valence-electron chi connectivity index (χ0n) is 13.3. The quantitative estimate of drug-likeness (QED) is 0.325. The summed E-state index contributed by atoms with van der Waals surface area (Å²) in [6, 6.07) is 3.94. The third-order valence-electron chi connectivity index (χ3n) is 4.09. The molecule has 24 heavy (non-hydrogen) atoms. The average Bonchev–Trinajstić information content (AvgIpc) is 3.04. The predicted molar refractivity (Wildman–Crippen MR) is 87.6 cm³/mol. The summed E-state index contributed by atoms with van der Waals surface area (Å²) in [6.07, 6.45) is 4.93. The summed E-state index contributed by atoms with van der Waals surface area (Å²) in [5.74, 6) is -0.541. The van der Waals surface area contributed by atoms with Crippen LogP contribution in [0.3, 0.4) is 0 Å². The molecule has 0 heterocycles. The summed E-state index contributed by atoms with van der Waals surface area (Å²) in [4.78, 5) is 33.2. The van der Waals surface area contributed by atoms with E-state index in [1.165, 1.54) is 25.0 Å². The fourth-order valence-corrected chi connectivity index (χ4v) is 2.85. The van der Waals surface area contributed by atoms with Crippen LogP contribution in [-0.4, -0.2) is 30.0 Å². The number of carbonyl (C=O) groups excluding carboxylic acids is 2. The number of nitro groups is 1. The maximum atomic E-state index is 11.7. The van der Waals surface area contributed by atoms with Crippen molar-refractivity contribution in [3.63, 3.8) is 0 Å². The summed E-state index contributed by atoms with van der Waals surface area (Å²) in [6.45, 7) is 0.368. The van der Waals surface area contributed by atoms with Crippen molar-refractivity contribution in [1.29, 1.82) is 0 Å². The van der Waals surface area contributed by atoms with Crippen LogP contribution in [0.15, 0.2) is 18.2 Å². The Morgan fingerprint density at radius 2 is 2.04 bits per heavy atom. The highest BCUT2D eigenvalue weighted by Gasteiger charge is 2.19. The first kappa shape index (κ1) is 17.7. The maximum Gasteiger partial charge on any atom is 0.306 e. The minimum atomic E-state index is -0.731. The molecule has 1 aromatic carbocycles. The smallest absolute Gasteiger partial charge is 0.306 e. The van der Waals surface area contributed by atoms with Crippen molar-refractivity contribution in [2.24, 2.45) is 11.7 Å². The number of hydrogen-bond donors (Lipinski definition) is 2. The van der Waals surface area contributed by atoms with Gasteiger partial charge in [0.2, 0.25) is 5.91 Å². The van der Waals surface area contributed by atoms with E-state index in [2.05, 4.69) is 5.32 Å². The van der Waals surface area contributed by atoms with Crippen LogP contribution in [0.25, 0.3) is 0 Å². The number of ether oxygens (including phenoxy) is 1. The number of amides is 1. The third kappa shape index (κ3) is 4.94. The maximum absolute atomic E-state index is 11.7. The van der Waals surface area contributed by atoms with E-state index in [4.69, 9.17) is 10.5 Å². The predicted octanol–water partition coefficient (Wildman–Crippen LogP) is 2.23. The largest absolute Gasteiger partial charge is 0.464 e. The van der Waals surface area contributed by atoms with Gasteiger partial charge in [-0.25, -0.2) is 0 Å². The van der Waals surface area contributed by atoms with E-state index < -0.39 is 10.8 Å². The minimum Gasteiger partial charge on any atom is -0.464 e. The summed E-state index contributed by atoms with van der Waals surface area (Å²) in [5, 5.41) is 13.9. The molecule has 8 heteroatoms. The standard InChI is InChI=1S/C16H21N3O5/c17-16(21)12-5-6-13(14(10-12)19(22)23)18-7-8-24-15(20)9-11-3-1-2-4-11/h5-6,10-11,18H,1-4,7-9H2,(H2,17,21). The monoisotopic (exact) mass is 335 g/mol. The topological polar surface area (TPSA) is 125 Å². The van der Waals surface area contributed by atoms with E-state index >= 15 is 0 Å². The van der Waals surface area contributed by atoms with E-state index in [9.17, 15) is 19.7 Å². The van der Waals surface area contributed by atoms with E-state index in [0.717, 1.165) is 18.9 Å². The molecule has 1 aliphatic rings. The molecule has 1 saturated carbocycles. The molecule has 3 N–H and O–H groups in total. The van der Waals surface area contributed by atoms with Crippen LogP contribution in [-0.2, 0) is 9.53 Å².